The molecule has 1 N–H and O–H groups in total. The first-order valence-electron chi connectivity index (χ1n) is 5.75. The Hall–Kier alpha value is -0.780. The van der Waals surface area contributed by atoms with Gasteiger partial charge in [0.2, 0.25) is 0 Å². The Morgan fingerprint density at radius 3 is 2.42 bits per heavy atom. The molecule has 0 amide bonds. The van der Waals surface area contributed by atoms with Gasteiger partial charge < -0.3 is 5.11 Å². The van der Waals surface area contributed by atoms with Crippen molar-refractivity contribution < 1.29 is 18.3 Å². The molecule has 4 nitrogen and oxygen atoms in total. The highest BCUT2D eigenvalue weighted by Crippen LogP contribution is 2.32. The molecule has 0 aliphatic carbocycles. The van der Waals surface area contributed by atoms with Crippen LogP contribution in [-0.2, 0) is 9.84 Å². The molecule has 0 atom stereocenters. The van der Waals surface area contributed by atoms with Gasteiger partial charge in [0.05, 0.1) is 26.3 Å². The number of carbonyl (C=O) groups is 1. The highest BCUT2D eigenvalue weighted by atomic mass is 35.5. The molecule has 1 rings (SSSR count). The summed E-state index contributed by atoms with van der Waals surface area (Å²) in [5, 5.41) is 8.59. The largest absolute Gasteiger partial charge is 0.478 e. The summed E-state index contributed by atoms with van der Waals surface area (Å²) in [5.74, 6) is -1.40. The van der Waals surface area contributed by atoms with E-state index in [9.17, 15) is 13.2 Å². The summed E-state index contributed by atoms with van der Waals surface area (Å²) in [5.41, 5.74) is -0.375. The van der Waals surface area contributed by atoms with Crippen LogP contribution < -0.4 is 0 Å². The van der Waals surface area contributed by atoms with Gasteiger partial charge in [0, 0.05) is 0 Å². The summed E-state index contributed by atoms with van der Waals surface area (Å²) in [6.07, 6.45) is 2.20. The number of hydrogen-bond acceptors (Lipinski definition) is 3. The standard InChI is InChI=1S/C12H14Cl2O4S/c1-2-3-4-7-19(17,18)9-6-5-8(13)10(11(9)14)12(15)16/h5-6H,2-4,7H2,1H3,(H,15,16). The summed E-state index contributed by atoms with van der Waals surface area (Å²) < 4.78 is 24.2. The Morgan fingerprint density at radius 1 is 1.26 bits per heavy atom. The Balaban J connectivity index is 3.21. The summed E-state index contributed by atoms with van der Waals surface area (Å²) >= 11 is 11.6. The van der Waals surface area contributed by atoms with Crippen LogP contribution in [0.3, 0.4) is 0 Å². The number of carboxylic acids is 1. The second-order valence-corrected chi connectivity index (χ2v) is 6.93. The van der Waals surface area contributed by atoms with E-state index in [1.54, 1.807) is 0 Å². The molecular weight excluding hydrogens is 311 g/mol. The summed E-state index contributed by atoms with van der Waals surface area (Å²) in [6.45, 7) is 1.96. The van der Waals surface area contributed by atoms with Gasteiger partial charge in [-0.3, -0.25) is 0 Å². The smallest absolute Gasteiger partial charge is 0.338 e. The molecule has 0 heterocycles. The lowest BCUT2D eigenvalue weighted by atomic mass is 10.2. The molecule has 0 fully saturated rings. The average molecular weight is 325 g/mol. The number of benzene rings is 1. The number of halogens is 2. The van der Waals surface area contributed by atoms with E-state index in [-0.39, 0.29) is 26.3 Å². The molecule has 0 spiro atoms. The fraction of sp³-hybridized carbons (Fsp3) is 0.417. The predicted octanol–water partition coefficient (Wildman–Crippen LogP) is 3.66. The van der Waals surface area contributed by atoms with Gasteiger partial charge in [-0.15, -0.1) is 0 Å². The summed E-state index contributed by atoms with van der Waals surface area (Å²) in [7, 11) is -3.59. The van der Waals surface area contributed by atoms with Crippen molar-refractivity contribution in [2.45, 2.75) is 31.1 Å². The third-order valence-corrected chi connectivity index (χ3v) is 5.28. The zero-order valence-electron chi connectivity index (χ0n) is 10.3. The normalized spacial score (nSPS) is 11.5. The maximum absolute atomic E-state index is 12.1. The van der Waals surface area contributed by atoms with Crippen LogP contribution in [0, 0.1) is 0 Å². The van der Waals surface area contributed by atoms with Gasteiger partial charge >= 0.3 is 5.97 Å². The summed E-state index contributed by atoms with van der Waals surface area (Å²) in [4.78, 5) is 10.8. The van der Waals surface area contributed by atoms with E-state index in [0.29, 0.717) is 6.42 Å². The van der Waals surface area contributed by atoms with Crippen molar-refractivity contribution in [2.24, 2.45) is 0 Å². The van der Waals surface area contributed by atoms with E-state index in [1.165, 1.54) is 12.1 Å². The number of rotatable bonds is 6. The third kappa shape index (κ3) is 3.84. The van der Waals surface area contributed by atoms with Crippen molar-refractivity contribution in [3.8, 4) is 0 Å². The van der Waals surface area contributed by atoms with Crippen LogP contribution in [0.25, 0.3) is 0 Å². The number of unbranched alkanes of at least 4 members (excludes halogenated alkanes) is 2. The van der Waals surface area contributed by atoms with Crippen LogP contribution in [0.1, 0.15) is 36.5 Å². The van der Waals surface area contributed by atoms with Crippen LogP contribution in [0.2, 0.25) is 10.0 Å². The lowest BCUT2D eigenvalue weighted by Gasteiger charge is -2.09. The van der Waals surface area contributed by atoms with Crippen LogP contribution in [-0.4, -0.2) is 25.2 Å². The van der Waals surface area contributed by atoms with Gasteiger partial charge in [0.15, 0.2) is 9.84 Å². The van der Waals surface area contributed by atoms with Gasteiger partial charge in [0.1, 0.15) is 0 Å². The zero-order chi connectivity index (χ0) is 14.6. The first-order chi connectivity index (χ1) is 8.81. The molecule has 0 bridgehead atoms. The molecule has 1 aromatic rings. The van der Waals surface area contributed by atoms with E-state index in [0.717, 1.165) is 12.8 Å². The molecular formula is C12H14Cl2O4S. The SMILES string of the molecule is CCCCCS(=O)(=O)c1ccc(Cl)c(C(=O)O)c1Cl. The minimum absolute atomic E-state index is 0.0543. The topological polar surface area (TPSA) is 71.4 Å². The van der Waals surface area contributed by atoms with Crippen LogP contribution in [0.15, 0.2) is 17.0 Å². The molecule has 0 aliphatic rings. The highest BCUT2D eigenvalue weighted by Gasteiger charge is 2.24. The van der Waals surface area contributed by atoms with Crippen LogP contribution in [0.4, 0.5) is 0 Å². The monoisotopic (exact) mass is 324 g/mol. The predicted molar refractivity (Wildman–Crippen MR) is 75.0 cm³/mol. The van der Waals surface area contributed by atoms with Crippen molar-refractivity contribution >= 4 is 39.0 Å². The van der Waals surface area contributed by atoms with Gasteiger partial charge in [-0.05, 0) is 18.6 Å². The fourth-order valence-electron chi connectivity index (χ4n) is 1.62. The molecule has 0 radical (unpaired) electrons. The van der Waals surface area contributed by atoms with E-state index >= 15 is 0 Å². The summed E-state index contributed by atoms with van der Waals surface area (Å²) in [6, 6.07) is 2.49. The third-order valence-electron chi connectivity index (χ3n) is 2.62. The second kappa shape index (κ2) is 6.59. The molecule has 0 saturated carbocycles. The van der Waals surface area contributed by atoms with Gasteiger partial charge in [-0.2, -0.15) is 0 Å². The first kappa shape index (κ1) is 16.3. The highest BCUT2D eigenvalue weighted by molar-refractivity contribution is 7.91. The molecule has 0 aromatic heterocycles. The second-order valence-electron chi connectivity index (χ2n) is 4.07. The Morgan fingerprint density at radius 2 is 1.89 bits per heavy atom. The Labute approximate surface area is 122 Å². The number of aromatic carboxylic acids is 1. The van der Waals surface area contributed by atoms with Crippen molar-refractivity contribution in [1.82, 2.24) is 0 Å². The van der Waals surface area contributed by atoms with E-state index < -0.39 is 15.8 Å². The minimum atomic E-state index is -3.59. The molecule has 7 heteroatoms. The lowest BCUT2D eigenvalue weighted by molar-refractivity contribution is 0.0697. The van der Waals surface area contributed by atoms with Crippen LogP contribution >= 0.6 is 23.2 Å². The van der Waals surface area contributed by atoms with Gasteiger partial charge in [-0.1, -0.05) is 43.0 Å². The molecule has 19 heavy (non-hydrogen) atoms. The lowest BCUT2D eigenvalue weighted by Crippen LogP contribution is -2.10. The van der Waals surface area contributed by atoms with E-state index in [1.807, 2.05) is 6.92 Å². The van der Waals surface area contributed by atoms with Crippen molar-refractivity contribution in [3.63, 3.8) is 0 Å². The van der Waals surface area contributed by atoms with Crippen LogP contribution in [0.5, 0.6) is 0 Å². The van der Waals surface area contributed by atoms with Crippen molar-refractivity contribution in [3.05, 3.63) is 27.7 Å². The molecule has 0 unspecified atom stereocenters. The van der Waals surface area contributed by atoms with Crippen molar-refractivity contribution in [1.29, 1.82) is 0 Å². The Kier molecular flexibility index (Phi) is 5.64. The van der Waals surface area contributed by atoms with E-state index in [4.69, 9.17) is 28.3 Å². The number of sulfone groups is 1. The zero-order valence-corrected chi connectivity index (χ0v) is 12.6. The maximum Gasteiger partial charge on any atom is 0.338 e. The fourth-order valence-corrected chi connectivity index (χ4v) is 3.96. The average Bonchev–Trinajstić information content (AvgIpc) is 2.28. The first-order valence-corrected chi connectivity index (χ1v) is 8.16. The number of hydrogen-bond donors (Lipinski definition) is 1. The Bertz CT molecular complexity index is 582. The quantitative estimate of drug-likeness (QED) is 0.810. The molecule has 0 aliphatic heterocycles. The minimum Gasteiger partial charge on any atom is -0.478 e. The molecule has 1 aromatic carbocycles. The van der Waals surface area contributed by atoms with Gasteiger partial charge in [0.25, 0.3) is 0 Å². The number of carboxylic acid groups (broad SMARTS) is 1. The maximum atomic E-state index is 12.1. The molecule has 106 valence electrons. The van der Waals surface area contributed by atoms with Gasteiger partial charge in [-0.25, -0.2) is 13.2 Å². The van der Waals surface area contributed by atoms with E-state index in [2.05, 4.69) is 0 Å². The molecule has 0 saturated heterocycles. The van der Waals surface area contributed by atoms with Crippen molar-refractivity contribution in [2.75, 3.05) is 5.75 Å².